The van der Waals surface area contributed by atoms with E-state index in [1.807, 2.05) is 18.2 Å². The summed E-state index contributed by atoms with van der Waals surface area (Å²) in [5.41, 5.74) is 7.98. The van der Waals surface area contributed by atoms with Gasteiger partial charge < -0.3 is 11.1 Å². The van der Waals surface area contributed by atoms with Crippen molar-refractivity contribution in [1.29, 1.82) is 0 Å². The predicted molar refractivity (Wildman–Crippen MR) is 65.9 cm³/mol. The van der Waals surface area contributed by atoms with Gasteiger partial charge in [0.1, 0.15) is 0 Å². The number of benzene rings is 1. The summed E-state index contributed by atoms with van der Waals surface area (Å²) in [5.74, 6) is -0.368. The van der Waals surface area contributed by atoms with Crippen molar-refractivity contribution in [2.45, 2.75) is 24.8 Å². The summed E-state index contributed by atoms with van der Waals surface area (Å²) in [7, 11) is 0. The van der Waals surface area contributed by atoms with Gasteiger partial charge in [-0.05, 0) is 36.0 Å². The van der Waals surface area contributed by atoms with Crippen molar-refractivity contribution in [1.82, 2.24) is 10.6 Å². The zero-order valence-electron chi connectivity index (χ0n) is 9.95. The molecule has 3 rings (SSSR count). The first-order valence-electron chi connectivity index (χ1n) is 6.12. The molecule has 94 valence electrons. The molecule has 3 amide bonds. The highest BCUT2D eigenvalue weighted by molar-refractivity contribution is 6.07. The molecule has 0 radical (unpaired) electrons. The largest absolute Gasteiger partial charge is 0.327 e. The molecule has 1 fully saturated rings. The van der Waals surface area contributed by atoms with Crippen molar-refractivity contribution in [3.8, 4) is 0 Å². The molecule has 1 atom stereocenters. The number of imide groups is 1. The Kier molecular flexibility index (Phi) is 2.38. The first kappa shape index (κ1) is 11.2. The molecule has 4 N–H and O–H groups in total. The van der Waals surface area contributed by atoms with E-state index in [4.69, 9.17) is 5.73 Å². The second kappa shape index (κ2) is 3.81. The van der Waals surface area contributed by atoms with Crippen LogP contribution in [0.25, 0.3) is 0 Å². The number of hydrogen-bond donors (Lipinski definition) is 3. The van der Waals surface area contributed by atoms with Crippen molar-refractivity contribution < 1.29 is 9.59 Å². The van der Waals surface area contributed by atoms with E-state index in [0.29, 0.717) is 0 Å². The maximum absolute atomic E-state index is 12.0. The van der Waals surface area contributed by atoms with Gasteiger partial charge in [0.2, 0.25) is 0 Å². The predicted octanol–water partition coefficient (Wildman–Crippen LogP) is 0.169. The summed E-state index contributed by atoms with van der Waals surface area (Å²) in [4.78, 5) is 23.3. The highest BCUT2D eigenvalue weighted by Crippen LogP contribution is 2.29. The number of carbonyl (C=O) groups is 2. The smallest absolute Gasteiger partial charge is 0.322 e. The third-order valence-electron chi connectivity index (χ3n) is 3.84. The van der Waals surface area contributed by atoms with Crippen LogP contribution in [-0.4, -0.2) is 18.5 Å². The van der Waals surface area contributed by atoms with Crippen molar-refractivity contribution in [3.05, 3.63) is 34.9 Å². The quantitative estimate of drug-likeness (QED) is 0.649. The Bertz CT molecular complexity index is 541. The Labute approximate surface area is 105 Å². The second-order valence-electron chi connectivity index (χ2n) is 4.85. The minimum Gasteiger partial charge on any atom is -0.327 e. The second-order valence-corrected chi connectivity index (χ2v) is 4.85. The Morgan fingerprint density at radius 3 is 2.67 bits per heavy atom. The van der Waals surface area contributed by atoms with E-state index in [-0.39, 0.29) is 12.5 Å². The highest BCUT2D eigenvalue weighted by Gasteiger charge is 2.46. The van der Waals surface area contributed by atoms with Gasteiger partial charge in [0, 0.05) is 6.54 Å². The van der Waals surface area contributed by atoms with Crippen molar-refractivity contribution in [3.63, 3.8) is 0 Å². The molecule has 0 aromatic heterocycles. The van der Waals surface area contributed by atoms with Crippen LogP contribution in [0.15, 0.2) is 18.2 Å². The minimum atomic E-state index is -1.10. The van der Waals surface area contributed by atoms with E-state index >= 15 is 0 Å². The maximum Gasteiger partial charge on any atom is 0.322 e. The average molecular weight is 245 g/mol. The van der Waals surface area contributed by atoms with E-state index in [2.05, 4.69) is 10.6 Å². The van der Waals surface area contributed by atoms with E-state index in [1.165, 1.54) is 11.1 Å². The number of nitrogens with one attached hydrogen (secondary N) is 2. The fourth-order valence-corrected chi connectivity index (χ4v) is 2.79. The normalized spacial score (nSPS) is 25.8. The first-order valence-corrected chi connectivity index (χ1v) is 6.12. The van der Waals surface area contributed by atoms with Gasteiger partial charge in [-0.2, -0.15) is 0 Å². The van der Waals surface area contributed by atoms with E-state index in [0.717, 1.165) is 24.8 Å². The Morgan fingerprint density at radius 1 is 1.22 bits per heavy atom. The Balaban J connectivity index is 2.07. The fraction of sp³-hybridized carbons (Fsp3) is 0.385. The monoisotopic (exact) mass is 245 g/mol. The van der Waals surface area contributed by atoms with Gasteiger partial charge >= 0.3 is 6.03 Å². The molecule has 1 aliphatic heterocycles. The van der Waals surface area contributed by atoms with Gasteiger partial charge in [-0.15, -0.1) is 0 Å². The van der Waals surface area contributed by atoms with E-state index in [9.17, 15) is 9.59 Å². The van der Waals surface area contributed by atoms with Crippen LogP contribution in [-0.2, 0) is 23.2 Å². The lowest BCUT2D eigenvalue weighted by molar-refractivity contribution is -0.123. The summed E-state index contributed by atoms with van der Waals surface area (Å²) in [6, 6.07) is 5.45. The van der Waals surface area contributed by atoms with Crippen LogP contribution in [0.2, 0.25) is 0 Å². The molecule has 0 saturated carbocycles. The number of fused-ring (bicyclic) bond motifs is 1. The van der Waals surface area contributed by atoms with Crippen LogP contribution in [0.4, 0.5) is 4.79 Å². The van der Waals surface area contributed by atoms with Gasteiger partial charge in [-0.3, -0.25) is 10.1 Å². The van der Waals surface area contributed by atoms with Crippen molar-refractivity contribution in [2.75, 3.05) is 6.54 Å². The SMILES string of the molecule is NCC1(c2ccc3c(c2)CCC3)NC(=O)NC1=O. The van der Waals surface area contributed by atoms with Gasteiger partial charge in [0.15, 0.2) is 5.54 Å². The summed E-state index contributed by atoms with van der Waals surface area (Å²) in [6.45, 7) is 0.0589. The molecule has 0 spiro atoms. The molecule has 1 unspecified atom stereocenters. The van der Waals surface area contributed by atoms with Crippen LogP contribution in [0.3, 0.4) is 0 Å². The number of aryl methyl sites for hydroxylation is 2. The molecule has 1 aromatic carbocycles. The Hall–Kier alpha value is -1.88. The Morgan fingerprint density at radius 2 is 2.00 bits per heavy atom. The van der Waals surface area contributed by atoms with Crippen molar-refractivity contribution >= 4 is 11.9 Å². The molecule has 5 heteroatoms. The number of hydrogen-bond acceptors (Lipinski definition) is 3. The molecule has 0 bridgehead atoms. The topological polar surface area (TPSA) is 84.2 Å². The number of carbonyl (C=O) groups excluding carboxylic acids is 2. The van der Waals surface area contributed by atoms with Crippen LogP contribution in [0, 0.1) is 0 Å². The molecular formula is C13H15N3O2. The molecule has 2 aliphatic rings. The molecular weight excluding hydrogens is 230 g/mol. The number of urea groups is 1. The fourth-order valence-electron chi connectivity index (χ4n) is 2.79. The lowest BCUT2D eigenvalue weighted by Gasteiger charge is -2.25. The summed E-state index contributed by atoms with van der Waals surface area (Å²) < 4.78 is 0. The molecule has 5 nitrogen and oxygen atoms in total. The number of rotatable bonds is 2. The number of amides is 3. The molecule has 1 heterocycles. The molecule has 1 aliphatic carbocycles. The van der Waals surface area contributed by atoms with E-state index in [1.54, 1.807) is 0 Å². The standard InChI is InChI=1S/C13H15N3O2/c14-7-13(11(17)15-12(18)16-13)10-5-4-8-2-1-3-9(8)6-10/h4-6H,1-3,7,14H2,(H2,15,16,17,18). The average Bonchev–Trinajstić information content (AvgIpc) is 2.92. The zero-order valence-corrected chi connectivity index (χ0v) is 9.95. The van der Waals surface area contributed by atoms with Crippen LogP contribution < -0.4 is 16.4 Å². The molecule has 1 saturated heterocycles. The van der Waals surface area contributed by atoms with E-state index < -0.39 is 11.6 Å². The lowest BCUT2D eigenvalue weighted by atomic mass is 9.88. The third kappa shape index (κ3) is 1.44. The van der Waals surface area contributed by atoms with Gasteiger partial charge in [-0.25, -0.2) is 4.79 Å². The van der Waals surface area contributed by atoms with Crippen LogP contribution in [0.1, 0.15) is 23.1 Å². The van der Waals surface area contributed by atoms with Crippen LogP contribution >= 0.6 is 0 Å². The van der Waals surface area contributed by atoms with Gasteiger partial charge in [0.05, 0.1) is 0 Å². The zero-order chi connectivity index (χ0) is 12.8. The van der Waals surface area contributed by atoms with Crippen molar-refractivity contribution in [2.24, 2.45) is 5.73 Å². The highest BCUT2D eigenvalue weighted by atomic mass is 16.2. The molecule has 1 aromatic rings. The van der Waals surface area contributed by atoms with Crippen LogP contribution in [0.5, 0.6) is 0 Å². The first-order chi connectivity index (χ1) is 8.65. The maximum atomic E-state index is 12.0. The minimum absolute atomic E-state index is 0.0589. The van der Waals surface area contributed by atoms with Gasteiger partial charge in [0.25, 0.3) is 5.91 Å². The lowest BCUT2D eigenvalue weighted by Crippen LogP contribution is -2.50. The third-order valence-corrected chi connectivity index (χ3v) is 3.84. The molecule has 18 heavy (non-hydrogen) atoms. The number of nitrogens with two attached hydrogens (primary N) is 1. The van der Waals surface area contributed by atoms with Gasteiger partial charge in [-0.1, -0.05) is 18.2 Å². The summed E-state index contributed by atoms with van der Waals surface area (Å²) in [5, 5.41) is 4.91. The summed E-state index contributed by atoms with van der Waals surface area (Å²) in [6.07, 6.45) is 3.26. The summed E-state index contributed by atoms with van der Waals surface area (Å²) >= 11 is 0.